The summed E-state index contributed by atoms with van der Waals surface area (Å²) in [5.74, 6) is 1.01. The van der Waals surface area contributed by atoms with E-state index in [1.54, 1.807) is 0 Å². The molecule has 0 unspecified atom stereocenters. The molecule has 1 nitrogen and oxygen atoms in total. The van der Waals surface area contributed by atoms with Crippen LogP contribution in [0.5, 0.6) is 0 Å². The van der Waals surface area contributed by atoms with Crippen LogP contribution in [0.15, 0.2) is 29.3 Å². The van der Waals surface area contributed by atoms with Crippen molar-refractivity contribution in [1.82, 2.24) is 0 Å². The Morgan fingerprint density at radius 3 is 2.56 bits per heavy atom. The van der Waals surface area contributed by atoms with Crippen molar-refractivity contribution >= 4 is 40.8 Å². The van der Waals surface area contributed by atoms with E-state index >= 15 is 0 Å². The van der Waals surface area contributed by atoms with E-state index in [0.717, 1.165) is 23.7 Å². The SMILES string of the molecule is Cl.Clc1ccc(CSC2=NCCCC2)cc1. The lowest BCUT2D eigenvalue weighted by molar-refractivity contribution is 0.745. The molecule has 0 atom stereocenters. The number of aliphatic imine (C=N–C) groups is 1. The molecule has 88 valence electrons. The predicted molar refractivity (Wildman–Crippen MR) is 76.1 cm³/mol. The van der Waals surface area contributed by atoms with E-state index in [1.165, 1.54) is 23.4 Å². The molecular formula is C12H15Cl2NS. The number of benzene rings is 1. The van der Waals surface area contributed by atoms with E-state index in [9.17, 15) is 0 Å². The van der Waals surface area contributed by atoms with Gasteiger partial charge in [-0.15, -0.1) is 24.2 Å². The fourth-order valence-electron chi connectivity index (χ4n) is 1.54. The van der Waals surface area contributed by atoms with Gasteiger partial charge in [0.1, 0.15) is 0 Å². The van der Waals surface area contributed by atoms with Gasteiger partial charge in [0, 0.05) is 17.3 Å². The Morgan fingerprint density at radius 2 is 1.94 bits per heavy atom. The van der Waals surface area contributed by atoms with E-state index < -0.39 is 0 Å². The van der Waals surface area contributed by atoms with Crippen LogP contribution >= 0.6 is 35.8 Å². The maximum absolute atomic E-state index is 5.83. The summed E-state index contributed by atoms with van der Waals surface area (Å²) in [5, 5.41) is 2.12. The minimum atomic E-state index is 0. The Hall–Kier alpha value is -0.180. The van der Waals surface area contributed by atoms with Gasteiger partial charge in [0.2, 0.25) is 0 Å². The van der Waals surface area contributed by atoms with Crippen LogP contribution in [0, 0.1) is 0 Å². The van der Waals surface area contributed by atoms with Gasteiger partial charge in [-0.1, -0.05) is 23.7 Å². The maximum Gasteiger partial charge on any atom is 0.0679 e. The Labute approximate surface area is 112 Å². The zero-order chi connectivity index (χ0) is 10.5. The predicted octanol–water partition coefficient (Wildman–Crippen LogP) is 4.58. The number of halogens is 2. The van der Waals surface area contributed by atoms with Gasteiger partial charge in [-0.3, -0.25) is 4.99 Å². The van der Waals surface area contributed by atoms with Gasteiger partial charge in [-0.2, -0.15) is 0 Å². The summed E-state index contributed by atoms with van der Waals surface area (Å²) in [5.41, 5.74) is 1.32. The molecule has 0 aliphatic carbocycles. The summed E-state index contributed by atoms with van der Waals surface area (Å²) in [7, 11) is 0. The van der Waals surface area contributed by atoms with Gasteiger partial charge in [0.15, 0.2) is 0 Å². The fraction of sp³-hybridized carbons (Fsp3) is 0.417. The molecule has 0 aromatic heterocycles. The number of hydrogen-bond donors (Lipinski definition) is 0. The van der Waals surface area contributed by atoms with Crippen LogP contribution in [0.1, 0.15) is 24.8 Å². The average Bonchev–Trinajstić information content (AvgIpc) is 2.30. The smallest absolute Gasteiger partial charge is 0.0679 e. The molecule has 0 spiro atoms. The molecule has 0 N–H and O–H groups in total. The molecule has 0 saturated carbocycles. The Balaban J connectivity index is 0.00000128. The molecule has 1 aliphatic rings. The zero-order valence-electron chi connectivity index (χ0n) is 8.99. The van der Waals surface area contributed by atoms with Gasteiger partial charge in [-0.05, 0) is 37.0 Å². The second-order valence-electron chi connectivity index (χ2n) is 3.65. The van der Waals surface area contributed by atoms with Gasteiger partial charge >= 0.3 is 0 Å². The van der Waals surface area contributed by atoms with Crippen LogP contribution in [0.25, 0.3) is 0 Å². The molecule has 1 aliphatic heterocycles. The highest BCUT2D eigenvalue weighted by Gasteiger charge is 2.05. The first-order chi connectivity index (χ1) is 7.34. The van der Waals surface area contributed by atoms with E-state index in [2.05, 4.69) is 17.1 Å². The maximum atomic E-state index is 5.83. The highest BCUT2D eigenvalue weighted by molar-refractivity contribution is 8.13. The van der Waals surface area contributed by atoms with Crippen LogP contribution in [0.4, 0.5) is 0 Å². The molecule has 1 aromatic rings. The van der Waals surface area contributed by atoms with Gasteiger partial charge in [0.25, 0.3) is 0 Å². The topological polar surface area (TPSA) is 12.4 Å². The van der Waals surface area contributed by atoms with Crippen molar-refractivity contribution in [2.24, 2.45) is 4.99 Å². The summed E-state index contributed by atoms with van der Waals surface area (Å²) in [4.78, 5) is 4.52. The summed E-state index contributed by atoms with van der Waals surface area (Å²) < 4.78 is 0. The quantitative estimate of drug-likeness (QED) is 0.770. The molecule has 1 aromatic carbocycles. The number of thioether (sulfide) groups is 1. The van der Waals surface area contributed by atoms with E-state index in [0.29, 0.717) is 0 Å². The third-order valence-corrected chi connectivity index (χ3v) is 3.80. The Bertz CT molecular complexity index is 349. The van der Waals surface area contributed by atoms with Crippen LogP contribution in [0.2, 0.25) is 5.02 Å². The number of hydrogen-bond acceptors (Lipinski definition) is 2. The van der Waals surface area contributed by atoms with Crippen molar-refractivity contribution in [3.8, 4) is 0 Å². The molecule has 0 radical (unpaired) electrons. The molecule has 0 fully saturated rings. The second-order valence-corrected chi connectivity index (χ2v) is 5.13. The molecule has 1 heterocycles. The van der Waals surface area contributed by atoms with Gasteiger partial charge in [0.05, 0.1) is 5.04 Å². The second kappa shape index (κ2) is 7.21. The summed E-state index contributed by atoms with van der Waals surface area (Å²) in [6.45, 7) is 1.02. The zero-order valence-corrected chi connectivity index (χ0v) is 11.4. The van der Waals surface area contributed by atoms with Crippen LogP contribution in [0.3, 0.4) is 0 Å². The number of nitrogens with zero attached hydrogens (tertiary/aromatic N) is 1. The van der Waals surface area contributed by atoms with E-state index in [-0.39, 0.29) is 12.4 Å². The van der Waals surface area contributed by atoms with Crippen LogP contribution in [-0.2, 0) is 5.75 Å². The van der Waals surface area contributed by atoms with Gasteiger partial charge < -0.3 is 0 Å². The molecule has 0 amide bonds. The molecule has 16 heavy (non-hydrogen) atoms. The standard InChI is InChI=1S/C12H14ClNS.ClH/c13-11-6-4-10(5-7-11)9-15-12-3-1-2-8-14-12;/h4-7H,1-3,8-9H2;1H. The summed E-state index contributed by atoms with van der Waals surface area (Å²) in [6.07, 6.45) is 3.72. The first-order valence-electron chi connectivity index (χ1n) is 5.25. The third-order valence-electron chi connectivity index (χ3n) is 2.41. The normalized spacial score (nSPS) is 15.2. The highest BCUT2D eigenvalue weighted by Crippen LogP contribution is 2.21. The first-order valence-corrected chi connectivity index (χ1v) is 6.61. The minimum absolute atomic E-state index is 0. The lowest BCUT2D eigenvalue weighted by Gasteiger charge is -2.10. The largest absolute Gasteiger partial charge is 0.283 e. The first kappa shape index (κ1) is 13.9. The van der Waals surface area contributed by atoms with Crippen LogP contribution in [-0.4, -0.2) is 11.6 Å². The lowest BCUT2D eigenvalue weighted by atomic mass is 10.2. The van der Waals surface area contributed by atoms with Gasteiger partial charge in [-0.25, -0.2) is 0 Å². The summed E-state index contributed by atoms with van der Waals surface area (Å²) >= 11 is 7.69. The van der Waals surface area contributed by atoms with Crippen molar-refractivity contribution in [3.63, 3.8) is 0 Å². The van der Waals surface area contributed by atoms with Crippen molar-refractivity contribution in [1.29, 1.82) is 0 Å². The molecule has 4 heteroatoms. The van der Waals surface area contributed by atoms with E-state index in [4.69, 9.17) is 11.6 Å². The Kier molecular flexibility index (Phi) is 6.25. The molecule has 0 bridgehead atoms. The van der Waals surface area contributed by atoms with Crippen molar-refractivity contribution in [2.75, 3.05) is 6.54 Å². The molecule has 2 rings (SSSR count). The highest BCUT2D eigenvalue weighted by atomic mass is 35.5. The molecular weight excluding hydrogens is 261 g/mol. The van der Waals surface area contributed by atoms with E-state index in [1.807, 2.05) is 23.9 Å². The van der Waals surface area contributed by atoms with Crippen molar-refractivity contribution in [3.05, 3.63) is 34.9 Å². The average molecular weight is 276 g/mol. The molecule has 0 saturated heterocycles. The number of rotatable bonds is 2. The summed E-state index contributed by atoms with van der Waals surface area (Å²) in [6, 6.07) is 8.05. The Morgan fingerprint density at radius 1 is 1.19 bits per heavy atom. The van der Waals surface area contributed by atoms with Crippen molar-refractivity contribution in [2.45, 2.75) is 25.0 Å². The monoisotopic (exact) mass is 275 g/mol. The minimum Gasteiger partial charge on any atom is -0.283 e. The fourth-order valence-corrected chi connectivity index (χ4v) is 2.66. The van der Waals surface area contributed by atoms with Crippen LogP contribution < -0.4 is 0 Å². The third kappa shape index (κ3) is 4.36. The van der Waals surface area contributed by atoms with Crippen molar-refractivity contribution < 1.29 is 0 Å². The lowest BCUT2D eigenvalue weighted by Crippen LogP contribution is -2.02.